The number of nitrogens with one attached hydrogen (secondary N) is 1. The summed E-state index contributed by atoms with van der Waals surface area (Å²) in [5.74, 6) is 0.628. The molecule has 116 valence electrons. The van der Waals surface area contributed by atoms with Crippen molar-refractivity contribution in [2.75, 3.05) is 18.5 Å². The predicted octanol–water partition coefficient (Wildman–Crippen LogP) is 5.38. The van der Waals surface area contributed by atoms with Crippen LogP contribution in [0.1, 0.15) is 0 Å². The number of hydrogen-bond donors (Lipinski definition) is 1. The summed E-state index contributed by atoms with van der Waals surface area (Å²) in [5, 5.41) is 3.72. The fraction of sp³-hybridized carbons (Fsp3) is 0.133. The Bertz CT molecular complexity index is 667. The zero-order chi connectivity index (χ0) is 15.9. The summed E-state index contributed by atoms with van der Waals surface area (Å²) in [5.41, 5.74) is 0.568. The fourth-order valence-corrected chi connectivity index (χ4v) is 2.59. The summed E-state index contributed by atoms with van der Waals surface area (Å²) in [6.45, 7) is 0.338. The highest BCUT2D eigenvalue weighted by atomic mass is 79.9. The Morgan fingerprint density at radius 1 is 1.09 bits per heavy atom. The van der Waals surface area contributed by atoms with Crippen LogP contribution < -0.4 is 10.1 Å². The van der Waals surface area contributed by atoms with Gasteiger partial charge < -0.3 is 9.47 Å². The zero-order valence-electron chi connectivity index (χ0n) is 11.3. The Labute approximate surface area is 146 Å². The molecule has 0 aliphatic heterocycles. The Morgan fingerprint density at radius 2 is 1.86 bits per heavy atom. The number of halogens is 3. The number of amides is 1. The topological polar surface area (TPSA) is 47.6 Å². The third kappa shape index (κ3) is 5.40. The number of hydrogen-bond acceptors (Lipinski definition) is 3. The van der Waals surface area contributed by atoms with Crippen molar-refractivity contribution in [3.8, 4) is 5.75 Å². The first-order valence-electron chi connectivity index (χ1n) is 6.32. The minimum Gasteiger partial charge on any atom is -0.489 e. The van der Waals surface area contributed by atoms with Crippen molar-refractivity contribution < 1.29 is 14.3 Å². The number of rotatable bonds is 5. The fourth-order valence-electron chi connectivity index (χ4n) is 1.60. The zero-order valence-corrected chi connectivity index (χ0v) is 14.4. The van der Waals surface area contributed by atoms with Crippen LogP contribution in [0.5, 0.6) is 5.75 Å². The Balaban J connectivity index is 1.73. The van der Waals surface area contributed by atoms with Gasteiger partial charge in [-0.3, -0.25) is 5.32 Å². The van der Waals surface area contributed by atoms with Gasteiger partial charge >= 0.3 is 6.09 Å². The lowest BCUT2D eigenvalue weighted by Gasteiger charge is -2.10. The molecular weight excluding hydrogens is 393 g/mol. The van der Waals surface area contributed by atoms with Crippen molar-refractivity contribution in [1.82, 2.24) is 0 Å². The van der Waals surface area contributed by atoms with Crippen molar-refractivity contribution in [2.45, 2.75) is 0 Å². The molecule has 0 fully saturated rings. The molecule has 0 saturated heterocycles. The van der Waals surface area contributed by atoms with E-state index in [1.54, 1.807) is 42.5 Å². The number of benzene rings is 2. The van der Waals surface area contributed by atoms with E-state index in [4.69, 9.17) is 32.7 Å². The lowest BCUT2D eigenvalue weighted by Crippen LogP contribution is -2.17. The van der Waals surface area contributed by atoms with Gasteiger partial charge in [-0.25, -0.2) is 4.79 Å². The molecule has 7 heteroatoms. The largest absolute Gasteiger partial charge is 0.489 e. The lowest BCUT2D eigenvalue weighted by molar-refractivity contribution is 0.137. The number of carbonyl (C=O) groups excluding carboxylic acids is 1. The average Bonchev–Trinajstić information content (AvgIpc) is 2.45. The second-order valence-electron chi connectivity index (χ2n) is 4.19. The Hall–Kier alpha value is -1.43. The Kier molecular flexibility index (Phi) is 6.36. The van der Waals surface area contributed by atoms with E-state index < -0.39 is 6.09 Å². The molecule has 0 aliphatic carbocycles. The molecule has 0 aliphatic rings. The molecule has 22 heavy (non-hydrogen) atoms. The number of ether oxygens (including phenoxy) is 2. The maximum Gasteiger partial charge on any atom is 0.411 e. The average molecular weight is 405 g/mol. The molecule has 0 aromatic heterocycles. The van der Waals surface area contributed by atoms with Gasteiger partial charge in [0.25, 0.3) is 0 Å². The highest BCUT2D eigenvalue weighted by Crippen LogP contribution is 2.27. The monoisotopic (exact) mass is 403 g/mol. The van der Waals surface area contributed by atoms with Crippen molar-refractivity contribution in [3.05, 3.63) is 57.0 Å². The van der Waals surface area contributed by atoms with Gasteiger partial charge in [0.05, 0.1) is 4.47 Å². The van der Waals surface area contributed by atoms with Crippen LogP contribution in [-0.2, 0) is 4.74 Å². The summed E-state index contributed by atoms with van der Waals surface area (Å²) in [6.07, 6.45) is -0.568. The van der Waals surface area contributed by atoms with Crippen LogP contribution in [0, 0.1) is 0 Å². The van der Waals surface area contributed by atoms with Crippen LogP contribution in [-0.4, -0.2) is 19.3 Å². The molecule has 2 aromatic rings. The first-order chi connectivity index (χ1) is 10.5. The van der Waals surface area contributed by atoms with E-state index in [0.29, 0.717) is 21.5 Å². The molecule has 0 heterocycles. The number of anilines is 1. The van der Waals surface area contributed by atoms with Gasteiger partial charge in [-0.2, -0.15) is 0 Å². The van der Waals surface area contributed by atoms with Gasteiger partial charge in [0.15, 0.2) is 0 Å². The standard InChI is InChI=1S/C15H12BrCl2NO3/c16-13-9-11(18)4-5-14(13)21-6-7-22-15(20)19-12-3-1-2-10(17)8-12/h1-5,8-9H,6-7H2,(H,19,20). The molecule has 2 aromatic carbocycles. The first kappa shape index (κ1) is 16.9. The van der Waals surface area contributed by atoms with E-state index in [1.165, 1.54) is 0 Å². The molecule has 0 spiro atoms. The quantitative estimate of drug-likeness (QED) is 0.680. The van der Waals surface area contributed by atoms with Crippen molar-refractivity contribution in [2.24, 2.45) is 0 Å². The van der Waals surface area contributed by atoms with E-state index in [0.717, 1.165) is 4.47 Å². The van der Waals surface area contributed by atoms with Crippen LogP contribution in [0.3, 0.4) is 0 Å². The molecule has 0 radical (unpaired) electrons. The molecule has 0 unspecified atom stereocenters. The third-order valence-electron chi connectivity index (χ3n) is 2.54. The van der Waals surface area contributed by atoms with Crippen molar-refractivity contribution in [1.29, 1.82) is 0 Å². The highest BCUT2D eigenvalue weighted by Gasteiger charge is 2.05. The smallest absolute Gasteiger partial charge is 0.411 e. The summed E-state index contributed by atoms with van der Waals surface area (Å²) in [6, 6.07) is 12.0. The van der Waals surface area contributed by atoms with E-state index in [1.807, 2.05) is 0 Å². The summed E-state index contributed by atoms with van der Waals surface area (Å²) in [7, 11) is 0. The number of carbonyl (C=O) groups is 1. The minimum atomic E-state index is -0.568. The lowest BCUT2D eigenvalue weighted by atomic mass is 10.3. The van der Waals surface area contributed by atoms with Crippen LogP contribution in [0.15, 0.2) is 46.9 Å². The second-order valence-corrected chi connectivity index (χ2v) is 5.92. The summed E-state index contributed by atoms with van der Waals surface area (Å²) < 4.78 is 11.2. The molecule has 1 amide bonds. The van der Waals surface area contributed by atoms with Crippen molar-refractivity contribution >= 4 is 50.9 Å². The Morgan fingerprint density at radius 3 is 2.59 bits per heavy atom. The highest BCUT2D eigenvalue weighted by molar-refractivity contribution is 9.10. The minimum absolute atomic E-state index is 0.113. The van der Waals surface area contributed by atoms with Gasteiger partial charge in [0.1, 0.15) is 19.0 Å². The van der Waals surface area contributed by atoms with Crippen LogP contribution in [0.2, 0.25) is 10.0 Å². The summed E-state index contributed by atoms with van der Waals surface area (Å²) >= 11 is 15.0. The molecule has 1 N–H and O–H groups in total. The van der Waals surface area contributed by atoms with Gasteiger partial charge in [-0.1, -0.05) is 29.3 Å². The van der Waals surface area contributed by atoms with Crippen molar-refractivity contribution in [3.63, 3.8) is 0 Å². The molecule has 0 saturated carbocycles. The van der Waals surface area contributed by atoms with Gasteiger partial charge in [0, 0.05) is 15.7 Å². The van der Waals surface area contributed by atoms with Crippen LogP contribution in [0.25, 0.3) is 0 Å². The van der Waals surface area contributed by atoms with Crippen LogP contribution in [0.4, 0.5) is 10.5 Å². The van der Waals surface area contributed by atoms with Gasteiger partial charge in [-0.15, -0.1) is 0 Å². The van der Waals surface area contributed by atoms with Crippen LogP contribution >= 0.6 is 39.1 Å². The van der Waals surface area contributed by atoms with E-state index in [-0.39, 0.29) is 13.2 Å². The maximum absolute atomic E-state index is 11.6. The normalized spacial score (nSPS) is 10.1. The molecule has 0 atom stereocenters. The SMILES string of the molecule is O=C(Nc1cccc(Cl)c1)OCCOc1ccc(Cl)cc1Br. The van der Waals surface area contributed by atoms with Gasteiger partial charge in [0.2, 0.25) is 0 Å². The van der Waals surface area contributed by atoms with E-state index >= 15 is 0 Å². The maximum atomic E-state index is 11.6. The second kappa shape index (κ2) is 8.27. The van der Waals surface area contributed by atoms with E-state index in [2.05, 4.69) is 21.2 Å². The molecule has 4 nitrogen and oxygen atoms in total. The third-order valence-corrected chi connectivity index (χ3v) is 3.63. The predicted molar refractivity (Wildman–Crippen MR) is 91.1 cm³/mol. The summed E-state index contributed by atoms with van der Waals surface area (Å²) in [4.78, 5) is 11.6. The molecule has 0 bridgehead atoms. The first-order valence-corrected chi connectivity index (χ1v) is 7.86. The van der Waals surface area contributed by atoms with E-state index in [9.17, 15) is 4.79 Å². The molecular formula is C15H12BrCl2NO3. The van der Waals surface area contributed by atoms with Gasteiger partial charge in [-0.05, 0) is 52.3 Å². The molecule has 2 rings (SSSR count).